The molecule has 6 rings (SSSR count). The Morgan fingerprint density at radius 2 is 1.37 bits per heavy atom. The maximum atomic E-state index is 6.27. The van der Waals surface area contributed by atoms with E-state index in [2.05, 4.69) is 128 Å². The molecule has 0 bridgehead atoms. The quantitative estimate of drug-likeness (QED) is 0.214. The van der Waals surface area contributed by atoms with Crippen LogP contribution in [0.3, 0.4) is 0 Å². The Kier molecular flexibility index (Phi) is 10.6. The van der Waals surface area contributed by atoms with Gasteiger partial charge in [-0.1, -0.05) is 84.4 Å². The first-order chi connectivity index (χ1) is 20.9. The summed E-state index contributed by atoms with van der Waals surface area (Å²) in [7, 11) is 8.47. The van der Waals surface area contributed by atoms with E-state index in [1.165, 1.54) is 44.8 Å². The molecule has 0 aromatic heterocycles. The van der Waals surface area contributed by atoms with Gasteiger partial charge in [0.1, 0.15) is 12.4 Å². The van der Waals surface area contributed by atoms with Gasteiger partial charge in [-0.3, -0.25) is 0 Å². The molecule has 2 aliphatic rings. The summed E-state index contributed by atoms with van der Waals surface area (Å²) in [5, 5.41) is 0.816. The molecule has 0 amide bonds. The summed E-state index contributed by atoms with van der Waals surface area (Å²) in [6.07, 6.45) is 6.67. The van der Waals surface area contributed by atoms with Crippen LogP contribution in [0.1, 0.15) is 40.7 Å². The fourth-order valence-electron chi connectivity index (χ4n) is 5.88. The van der Waals surface area contributed by atoms with Gasteiger partial charge in [0, 0.05) is 35.1 Å². The normalized spacial score (nSPS) is 14.5. The summed E-state index contributed by atoms with van der Waals surface area (Å²) in [6, 6.07) is 31.9. The Morgan fingerprint density at radius 3 is 2.14 bits per heavy atom. The number of para-hydroxylation sites is 2. The van der Waals surface area contributed by atoms with Crippen molar-refractivity contribution in [1.29, 1.82) is 0 Å². The molecule has 4 aromatic rings. The first kappa shape index (κ1) is 30.9. The van der Waals surface area contributed by atoms with Crippen LogP contribution in [0.4, 0.5) is 11.4 Å². The van der Waals surface area contributed by atoms with E-state index in [0.29, 0.717) is 6.61 Å². The second kappa shape index (κ2) is 14.7. The highest BCUT2D eigenvalue weighted by molar-refractivity contribution is 6.30. The van der Waals surface area contributed by atoms with Gasteiger partial charge in [-0.05, 0) is 113 Å². The van der Waals surface area contributed by atoms with Crippen molar-refractivity contribution in [2.45, 2.75) is 32.3 Å². The van der Waals surface area contributed by atoms with E-state index in [0.717, 1.165) is 56.1 Å². The average molecular weight is 594 g/mol. The molecule has 2 aliphatic heterocycles. The zero-order chi connectivity index (χ0) is 30.2. The number of rotatable bonds is 7. The molecular formula is C38H44ClN3O. The lowest BCUT2D eigenvalue weighted by Gasteiger charge is -2.27. The molecule has 4 nitrogen and oxygen atoms in total. The van der Waals surface area contributed by atoms with Crippen LogP contribution in [0.25, 0.3) is 5.57 Å². The Balaban J connectivity index is 0.000000171. The molecule has 0 saturated heterocycles. The van der Waals surface area contributed by atoms with Gasteiger partial charge in [0.25, 0.3) is 0 Å². The average Bonchev–Trinajstić information content (AvgIpc) is 3.26. The van der Waals surface area contributed by atoms with Crippen molar-refractivity contribution in [1.82, 2.24) is 9.80 Å². The van der Waals surface area contributed by atoms with Gasteiger partial charge in [-0.25, -0.2) is 0 Å². The number of ether oxygens (including phenoxy) is 1. The van der Waals surface area contributed by atoms with Crippen LogP contribution in [0, 0.1) is 0 Å². The number of benzene rings is 4. The number of hydrogen-bond acceptors (Lipinski definition) is 4. The Bertz CT molecular complexity index is 1490. The zero-order valence-electron chi connectivity index (χ0n) is 26.0. The fourth-order valence-corrected chi connectivity index (χ4v) is 6.05. The predicted molar refractivity (Wildman–Crippen MR) is 183 cm³/mol. The van der Waals surface area contributed by atoms with Crippen molar-refractivity contribution in [2.75, 3.05) is 52.7 Å². The lowest BCUT2D eigenvalue weighted by Crippen LogP contribution is -2.24. The summed E-state index contributed by atoms with van der Waals surface area (Å²) < 4.78 is 5.98. The maximum Gasteiger partial charge on any atom is 0.127 e. The zero-order valence-corrected chi connectivity index (χ0v) is 26.8. The predicted octanol–water partition coefficient (Wildman–Crippen LogP) is 8.49. The summed E-state index contributed by atoms with van der Waals surface area (Å²) in [4.78, 5) is 6.90. The standard InChI is InChI=1S/C19H23ClN2.C19H21NO/c1-21(2)12-5-13-22-18-7-4-3-6-15(18)8-9-16-10-11-17(20)14-19(16)22;1-20(2)13-7-11-17-16-9-4-3-8-15(16)14-21-19-12-6-5-10-18(17)19/h3-4,6-7,10-11,14H,5,8-9,12-13H2,1-2H3;3-6,8-12H,7,13-14H2,1-2H3/b;17-11+. The first-order valence-electron chi connectivity index (χ1n) is 15.3. The molecule has 0 atom stereocenters. The van der Waals surface area contributed by atoms with E-state index < -0.39 is 0 Å². The van der Waals surface area contributed by atoms with Crippen LogP contribution < -0.4 is 9.64 Å². The number of halogens is 1. The van der Waals surface area contributed by atoms with Crippen LogP contribution in [-0.2, 0) is 19.4 Å². The molecule has 0 spiro atoms. The molecule has 5 heteroatoms. The van der Waals surface area contributed by atoms with Crippen LogP contribution in [0.15, 0.2) is 97.1 Å². The van der Waals surface area contributed by atoms with Crippen molar-refractivity contribution in [3.63, 3.8) is 0 Å². The van der Waals surface area contributed by atoms with Gasteiger partial charge < -0.3 is 19.4 Å². The lowest BCUT2D eigenvalue weighted by molar-refractivity contribution is 0.307. The highest BCUT2D eigenvalue weighted by Crippen LogP contribution is 2.38. The second-order valence-electron chi connectivity index (χ2n) is 11.9. The number of fused-ring (bicyclic) bond motifs is 4. The van der Waals surface area contributed by atoms with E-state index in [1.807, 2.05) is 12.1 Å². The molecule has 4 aromatic carbocycles. The topological polar surface area (TPSA) is 19.0 Å². The Hall–Kier alpha value is -3.57. The van der Waals surface area contributed by atoms with Gasteiger partial charge in [0.2, 0.25) is 0 Å². The highest BCUT2D eigenvalue weighted by Gasteiger charge is 2.21. The van der Waals surface area contributed by atoms with Crippen molar-refractivity contribution >= 4 is 28.5 Å². The van der Waals surface area contributed by atoms with E-state index >= 15 is 0 Å². The van der Waals surface area contributed by atoms with Crippen LogP contribution in [0.2, 0.25) is 5.02 Å². The minimum absolute atomic E-state index is 0.637. The van der Waals surface area contributed by atoms with E-state index in [1.54, 1.807) is 0 Å². The maximum absolute atomic E-state index is 6.27. The van der Waals surface area contributed by atoms with Gasteiger partial charge in [-0.15, -0.1) is 0 Å². The summed E-state index contributed by atoms with van der Waals surface area (Å²) in [5.41, 5.74) is 10.5. The molecule has 224 valence electrons. The summed E-state index contributed by atoms with van der Waals surface area (Å²) in [5.74, 6) is 0.977. The fraction of sp³-hybridized carbons (Fsp3) is 0.316. The van der Waals surface area contributed by atoms with Gasteiger partial charge in [0.15, 0.2) is 0 Å². The number of hydrogen-bond donors (Lipinski definition) is 0. The minimum atomic E-state index is 0.637. The van der Waals surface area contributed by atoms with E-state index in [9.17, 15) is 0 Å². The molecule has 0 N–H and O–H groups in total. The van der Waals surface area contributed by atoms with E-state index in [4.69, 9.17) is 16.3 Å². The van der Waals surface area contributed by atoms with Crippen molar-refractivity contribution in [3.05, 3.63) is 130 Å². The van der Waals surface area contributed by atoms with Gasteiger partial charge >= 0.3 is 0 Å². The van der Waals surface area contributed by atoms with Gasteiger partial charge in [-0.2, -0.15) is 0 Å². The largest absolute Gasteiger partial charge is 0.488 e. The smallest absolute Gasteiger partial charge is 0.127 e. The van der Waals surface area contributed by atoms with E-state index in [-0.39, 0.29) is 0 Å². The monoisotopic (exact) mass is 593 g/mol. The highest BCUT2D eigenvalue weighted by atomic mass is 35.5. The second-order valence-corrected chi connectivity index (χ2v) is 12.3. The first-order valence-corrected chi connectivity index (χ1v) is 15.7. The number of nitrogens with zero attached hydrogens (tertiary/aromatic N) is 3. The molecule has 43 heavy (non-hydrogen) atoms. The molecule has 0 radical (unpaired) electrons. The van der Waals surface area contributed by atoms with Gasteiger partial charge in [0.05, 0.1) is 0 Å². The Morgan fingerprint density at radius 1 is 0.721 bits per heavy atom. The third kappa shape index (κ3) is 7.88. The number of aryl methyl sites for hydroxylation is 2. The van der Waals surface area contributed by atoms with Crippen LogP contribution in [0.5, 0.6) is 5.75 Å². The number of anilines is 2. The van der Waals surface area contributed by atoms with Crippen molar-refractivity contribution in [3.8, 4) is 5.75 Å². The summed E-state index contributed by atoms with van der Waals surface area (Å²) in [6.45, 7) is 3.80. The lowest BCUT2D eigenvalue weighted by atomic mass is 9.93. The van der Waals surface area contributed by atoms with Crippen LogP contribution in [-0.4, -0.2) is 57.6 Å². The summed E-state index contributed by atoms with van der Waals surface area (Å²) >= 11 is 6.27. The molecule has 0 fully saturated rings. The SMILES string of the molecule is CN(C)CC/C=C1\c2ccccc2COc2ccccc21.CN(C)CCCN1c2ccccc2CCc2ccc(Cl)cc21. The van der Waals surface area contributed by atoms with Crippen molar-refractivity contribution < 1.29 is 4.74 Å². The minimum Gasteiger partial charge on any atom is -0.488 e. The third-order valence-corrected chi connectivity index (χ3v) is 8.30. The third-order valence-electron chi connectivity index (χ3n) is 8.06. The molecular weight excluding hydrogens is 550 g/mol. The molecule has 0 unspecified atom stereocenters. The molecule has 0 saturated carbocycles. The van der Waals surface area contributed by atoms with Crippen molar-refractivity contribution in [2.24, 2.45) is 0 Å². The Labute approximate surface area is 263 Å². The molecule has 0 aliphatic carbocycles. The molecule has 2 heterocycles. The van der Waals surface area contributed by atoms with Crippen LogP contribution >= 0.6 is 11.6 Å².